The van der Waals surface area contributed by atoms with E-state index in [1.165, 1.54) is 0 Å². The van der Waals surface area contributed by atoms with Crippen LogP contribution in [0.3, 0.4) is 0 Å². The van der Waals surface area contributed by atoms with Crippen molar-refractivity contribution < 1.29 is 14.3 Å². The largest absolute Gasteiger partial charge is 0.372 e. The molecular formula is C13H22N2O3. The van der Waals surface area contributed by atoms with E-state index >= 15 is 0 Å². The van der Waals surface area contributed by atoms with Crippen molar-refractivity contribution in [3.8, 4) is 0 Å². The van der Waals surface area contributed by atoms with Gasteiger partial charge >= 0.3 is 0 Å². The van der Waals surface area contributed by atoms with Crippen LogP contribution < -0.4 is 5.32 Å². The monoisotopic (exact) mass is 254 g/mol. The molecule has 3 aliphatic heterocycles. The molecule has 3 heterocycles. The molecule has 0 saturated carbocycles. The Morgan fingerprint density at radius 1 is 1.39 bits per heavy atom. The molecule has 3 saturated heterocycles. The van der Waals surface area contributed by atoms with E-state index in [-0.39, 0.29) is 24.2 Å². The van der Waals surface area contributed by atoms with E-state index in [1.807, 2.05) is 4.90 Å². The van der Waals surface area contributed by atoms with Gasteiger partial charge in [0.15, 0.2) is 0 Å². The Morgan fingerprint density at radius 3 is 2.83 bits per heavy atom. The van der Waals surface area contributed by atoms with Crippen LogP contribution in [0.25, 0.3) is 0 Å². The predicted octanol–water partition coefficient (Wildman–Crippen LogP) is 0.146. The number of carbonyl (C=O) groups excluding carboxylic acids is 1. The molecule has 18 heavy (non-hydrogen) atoms. The van der Waals surface area contributed by atoms with E-state index in [4.69, 9.17) is 9.47 Å². The quantitative estimate of drug-likeness (QED) is 0.779. The van der Waals surface area contributed by atoms with Gasteiger partial charge in [-0.05, 0) is 19.3 Å². The van der Waals surface area contributed by atoms with Crippen LogP contribution in [0, 0.1) is 0 Å². The second kappa shape index (κ2) is 5.15. The summed E-state index contributed by atoms with van der Waals surface area (Å²) >= 11 is 0. The summed E-state index contributed by atoms with van der Waals surface area (Å²) < 4.78 is 11.6. The van der Waals surface area contributed by atoms with Crippen molar-refractivity contribution in [2.45, 2.75) is 37.4 Å². The number of likely N-dealkylation sites (tertiary alicyclic amines) is 1. The Balaban J connectivity index is 1.43. The number of nitrogens with zero attached hydrogens (tertiary/aromatic N) is 1. The number of nitrogens with one attached hydrogen (secondary N) is 1. The summed E-state index contributed by atoms with van der Waals surface area (Å²) in [5.41, 5.74) is -0.000388. The molecule has 0 aromatic heterocycles. The second-order valence-corrected chi connectivity index (χ2v) is 5.65. The first kappa shape index (κ1) is 12.4. The molecule has 1 atom stereocenters. The maximum Gasteiger partial charge on any atom is 0.248 e. The summed E-state index contributed by atoms with van der Waals surface area (Å²) in [6.45, 7) is 4.66. The molecule has 0 radical (unpaired) electrons. The lowest BCUT2D eigenvalue weighted by molar-refractivity contribution is -0.163. The SMILES string of the molecule is O=C(COC1CCOC2(CNC2)C1)N1CCCC1. The van der Waals surface area contributed by atoms with Crippen LogP contribution in [0.5, 0.6) is 0 Å². The van der Waals surface area contributed by atoms with Gasteiger partial charge in [-0.2, -0.15) is 0 Å². The summed E-state index contributed by atoms with van der Waals surface area (Å²) in [7, 11) is 0. The lowest BCUT2D eigenvalue weighted by Gasteiger charge is -2.47. The first-order chi connectivity index (χ1) is 8.77. The zero-order valence-corrected chi connectivity index (χ0v) is 10.8. The highest BCUT2D eigenvalue weighted by Crippen LogP contribution is 2.30. The second-order valence-electron chi connectivity index (χ2n) is 5.65. The van der Waals surface area contributed by atoms with Gasteiger partial charge in [-0.25, -0.2) is 0 Å². The Kier molecular flexibility index (Phi) is 3.54. The number of ether oxygens (including phenoxy) is 2. The summed E-state index contributed by atoms with van der Waals surface area (Å²) in [6.07, 6.45) is 4.30. The minimum absolute atomic E-state index is 0.000388. The minimum atomic E-state index is -0.000388. The molecule has 3 fully saturated rings. The average molecular weight is 254 g/mol. The predicted molar refractivity (Wildman–Crippen MR) is 66.3 cm³/mol. The van der Waals surface area contributed by atoms with Crippen molar-refractivity contribution in [3.63, 3.8) is 0 Å². The summed E-state index contributed by atoms with van der Waals surface area (Å²) in [5, 5.41) is 3.25. The first-order valence-corrected chi connectivity index (χ1v) is 7.02. The van der Waals surface area contributed by atoms with E-state index in [0.717, 1.165) is 58.5 Å². The molecule has 3 aliphatic rings. The van der Waals surface area contributed by atoms with E-state index in [9.17, 15) is 4.79 Å². The van der Waals surface area contributed by atoms with Crippen LogP contribution in [-0.4, -0.2) is 61.9 Å². The fraction of sp³-hybridized carbons (Fsp3) is 0.923. The average Bonchev–Trinajstić information content (AvgIpc) is 2.88. The normalized spacial score (nSPS) is 30.4. The maximum absolute atomic E-state index is 11.9. The minimum Gasteiger partial charge on any atom is -0.372 e. The van der Waals surface area contributed by atoms with Crippen LogP contribution in [-0.2, 0) is 14.3 Å². The zero-order valence-electron chi connectivity index (χ0n) is 10.8. The third-order valence-electron chi connectivity index (χ3n) is 4.24. The van der Waals surface area contributed by atoms with E-state index in [0.29, 0.717) is 0 Å². The molecular weight excluding hydrogens is 232 g/mol. The lowest BCUT2D eigenvalue weighted by Crippen LogP contribution is -2.64. The molecule has 0 bridgehead atoms. The van der Waals surface area contributed by atoms with Crippen molar-refractivity contribution in [2.24, 2.45) is 0 Å². The Morgan fingerprint density at radius 2 is 2.17 bits per heavy atom. The molecule has 1 amide bonds. The Bertz CT molecular complexity index is 311. The van der Waals surface area contributed by atoms with E-state index in [2.05, 4.69) is 5.32 Å². The Hall–Kier alpha value is -0.650. The number of carbonyl (C=O) groups is 1. The summed E-state index contributed by atoms with van der Waals surface area (Å²) in [5.74, 6) is 0.153. The highest BCUT2D eigenvalue weighted by Gasteiger charge is 2.43. The smallest absolute Gasteiger partial charge is 0.248 e. The molecule has 5 nitrogen and oxygen atoms in total. The molecule has 102 valence electrons. The third-order valence-corrected chi connectivity index (χ3v) is 4.24. The van der Waals surface area contributed by atoms with Crippen molar-refractivity contribution in [2.75, 3.05) is 39.4 Å². The van der Waals surface area contributed by atoms with Crippen molar-refractivity contribution >= 4 is 5.91 Å². The molecule has 0 aromatic carbocycles. The van der Waals surface area contributed by atoms with E-state index in [1.54, 1.807) is 0 Å². The Labute approximate surface area is 108 Å². The van der Waals surface area contributed by atoms with Gasteiger partial charge in [-0.1, -0.05) is 0 Å². The molecule has 0 aromatic rings. The van der Waals surface area contributed by atoms with Gasteiger partial charge in [0.05, 0.1) is 11.7 Å². The van der Waals surface area contributed by atoms with Crippen molar-refractivity contribution in [1.29, 1.82) is 0 Å². The van der Waals surface area contributed by atoms with Gasteiger partial charge in [0.25, 0.3) is 0 Å². The summed E-state index contributed by atoms with van der Waals surface area (Å²) in [6, 6.07) is 0. The zero-order chi connectivity index (χ0) is 12.4. The fourth-order valence-electron chi connectivity index (χ4n) is 3.02. The van der Waals surface area contributed by atoms with Crippen molar-refractivity contribution in [3.05, 3.63) is 0 Å². The lowest BCUT2D eigenvalue weighted by atomic mass is 9.87. The van der Waals surface area contributed by atoms with Crippen LogP contribution in [0.1, 0.15) is 25.7 Å². The van der Waals surface area contributed by atoms with Crippen LogP contribution in [0.2, 0.25) is 0 Å². The number of amides is 1. The molecule has 1 spiro atoms. The first-order valence-electron chi connectivity index (χ1n) is 7.02. The van der Waals surface area contributed by atoms with Gasteiger partial charge in [-0.15, -0.1) is 0 Å². The van der Waals surface area contributed by atoms with Crippen molar-refractivity contribution in [1.82, 2.24) is 10.2 Å². The number of hydrogen-bond acceptors (Lipinski definition) is 4. The van der Waals surface area contributed by atoms with Gasteiger partial charge in [0, 0.05) is 39.2 Å². The van der Waals surface area contributed by atoms with Gasteiger partial charge in [0.1, 0.15) is 6.61 Å². The number of hydrogen-bond donors (Lipinski definition) is 1. The van der Waals surface area contributed by atoms with Crippen LogP contribution in [0.15, 0.2) is 0 Å². The van der Waals surface area contributed by atoms with E-state index < -0.39 is 0 Å². The number of rotatable bonds is 3. The molecule has 0 aliphatic carbocycles. The van der Waals surface area contributed by atoms with Gasteiger partial charge in [0.2, 0.25) is 5.91 Å². The third kappa shape index (κ3) is 2.53. The van der Waals surface area contributed by atoms with Gasteiger partial charge in [-0.3, -0.25) is 4.79 Å². The molecule has 5 heteroatoms. The summed E-state index contributed by atoms with van der Waals surface area (Å²) in [4.78, 5) is 13.8. The molecule has 1 N–H and O–H groups in total. The van der Waals surface area contributed by atoms with Crippen LogP contribution >= 0.6 is 0 Å². The molecule has 3 rings (SSSR count). The highest BCUT2D eigenvalue weighted by molar-refractivity contribution is 5.77. The maximum atomic E-state index is 11.9. The van der Waals surface area contributed by atoms with Gasteiger partial charge < -0.3 is 19.7 Å². The standard InChI is InChI=1S/C13H22N2O3/c16-12(15-4-1-2-5-15)8-17-11-3-6-18-13(7-11)9-14-10-13/h11,14H,1-10H2. The van der Waals surface area contributed by atoms with Crippen LogP contribution in [0.4, 0.5) is 0 Å². The molecule has 1 unspecified atom stereocenters. The highest BCUT2D eigenvalue weighted by atomic mass is 16.5. The topological polar surface area (TPSA) is 50.8 Å². The fourth-order valence-corrected chi connectivity index (χ4v) is 3.02.